The van der Waals surface area contributed by atoms with Crippen molar-refractivity contribution in [2.45, 2.75) is 25.8 Å². The lowest BCUT2D eigenvalue weighted by molar-refractivity contribution is 0.479. The summed E-state index contributed by atoms with van der Waals surface area (Å²) in [5.41, 5.74) is 16.1. The van der Waals surface area contributed by atoms with Crippen molar-refractivity contribution in [3.8, 4) is 0 Å². The van der Waals surface area contributed by atoms with Crippen LogP contribution in [-0.4, -0.2) is 44.2 Å². The van der Waals surface area contributed by atoms with Crippen molar-refractivity contribution < 1.29 is 0 Å². The molecule has 0 aromatic heterocycles. The molecule has 28 heavy (non-hydrogen) atoms. The van der Waals surface area contributed by atoms with Gasteiger partial charge >= 0.3 is 0 Å². The predicted octanol–water partition coefficient (Wildman–Crippen LogP) is 1.08. The lowest BCUT2D eigenvalue weighted by Crippen LogP contribution is -2.40. The highest BCUT2D eigenvalue weighted by atomic mass is 15.1. The van der Waals surface area contributed by atoms with Crippen LogP contribution in [0.15, 0.2) is 42.1 Å². The van der Waals surface area contributed by atoms with Crippen LogP contribution in [0.2, 0.25) is 0 Å². The Bertz CT molecular complexity index is 888. The third-order valence-electron chi connectivity index (χ3n) is 5.30. The van der Waals surface area contributed by atoms with Gasteiger partial charge in [0.25, 0.3) is 0 Å². The van der Waals surface area contributed by atoms with Crippen LogP contribution < -0.4 is 32.5 Å². The number of nitrogens with two attached hydrogens (primary N) is 2. The highest BCUT2D eigenvalue weighted by molar-refractivity contribution is 5.78. The Hall–Kier alpha value is -2.50. The number of allylic oxidation sites excluding steroid dienone is 4. The van der Waals surface area contributed by atoms with E-state index in [1.807, 2.05) is 12.2 Å². The summed E-state index contributed by atoms with van der Waals surface area (Å²) in [5, 5.41) is 9.79. The molecule has 1 saturated heterocycles. The number of fused-ring (bicyclic) bond motifs is 1. The van der Waals surface area contributed by atoms with E-state index in [4.69, 9.17) is 11.5 Å². The van der Waals surface area contributed by atoms with E-state index in [9.17, 15) is 0 Å². The van der Waals surface area contributed by atoms with Gasteiger partial charge in [0.2, 0.25) is 0 Å². The Balaban J connectivity index is 2.09. The van der Waals surface area contributed by atoms with Crippen molar-refractivity contribution in [2.24, 2.45) is 11.5 Å². The summed E-state index contributed by atoms with van der Waals surface area (Å²) < 4.78 is 0. The molecule has 2 heterocycles. The molecule has 5 nitrogen and oxygen atoms in total. The fourth-order valence-electron chi connectivity index (χ4n) is 3.69. The summed E-state index contributed by atoms with van der Waals surface area (Å²) >= 11 is 0. The van der Waals surface area contributed by atoms with Crippen LogP contribution in [0, 0.1) is 0 Å². The molecule has 1 aromatic rings. The van der Waals surface area contributed by atoms with E-state index in [1.165, 1.54) is 21.7 Å². The summed E-state index contributed by atoms with van der Waals surface area (Å²) in [6.07, 6.45) is 14.5. The van der Waals surface area contributed by atoms with Crippen LogP contribution in [0.3, 0.4) is 0 Å². The highest BCUT2D eigenvalue weighted by Gasteiger charge is 2.15. The number of rotatable bonds is 6. The monoisotopic (exact) mass is 379 g/mol. The lowest BCUT2D eigenvalue weighted by atomic mass is 9.98. The molecule has 0 saturated carbocycles. The van der Waals surface area contributed by atoms with Gasteiger partial charge in [0.1, 0.15) is 0 Å². The zero-order valence-corrected chi connectivity index (χ0v) is 17.0. The molecular weight excluding hydrogens is 346 g/mol. The topological polar surface area (TPSA) is 79.3 Å². The summed E-state index contributed by atoms with van der Waals surface area (Å²) in [5.74, 6) is 0. The van der Waals surface area contributed by atoms with Gasteiger partial charge in [-0.25, -0.2) is 0 Å². The first kappa shape index (κ1) is 20.2. The first-order valence-electron chi connectivity index (χ1n) is 10.1. The average molecular weight is 380 g/mol. The fraction of sp³-hybridized carbons (Fsp3) is 0.391. The molecule has 6 N–H and O–H groups in total. The van der Waals surface area contributed by atoms with Gasteiger partial charge in [0.05, 0.1) is 0 Å². The summed E-state index contributed by atoms with van der Waals surface area (Å²) in [7, 11) is 2.12. The lowest BCUT2D eigenvalue weighted by Gasteiger charge is -2.26. The van der Waals surface area contributed by atoms with Crippen LogP contribution in [0.25, 0.3) is 17.8 Å². The maximum Gasteiger partial charge on any atom is 0.0442 e. The SMILES string of the molecule is C/C(=C\C(=C/C=CN)c1cc(NC2CCNCC2)c2c(c1)=CCN(C)C=2)CN. The summed E-state index contributed by atoms with van der Waals surface area (Å²) in [6, 6.07) is 5.03. The smallest absolute Gasteiger partial charge is 0.0442 e. The zero-order chi connectivity index (χ0) is 19.9. The van der Waals surface area contributed by atoms with Gasteiger partial charge in [-0.2, -0.15) is 0 Å². The van der Waals surface area contributed by atoms with E-state index < -0.39 is 0 Å². The molecule has 2 aliphatic heterocycles. The Kier molecular flexibility index (Phi) is 6.95. The maximum atomic E-state index is 5.83. The molecular formula is C23H33N5. The minimum absolute atomic E-state index is 0.499. The zero-order valence-electron chi connectivity index (χ0n) is 17.0. The second-order valence-corrected chi connectivity index (χ2v) is 7.67. The van der Waals surface area contributed by atoms with Crippen LogP contribution in [0.1, 0.15) is 25.3 Å². The fourth-order valence-corrected chi connectivity index (χ4v) is 3.69. The Labute approximate surface area is 168 Å². The van der Waals surface area contributed by atoms with E-state index in [0.29, 0.717) is 12.6 Å². The van der Waals surface area contributed by atoms with Gasteiger partial charge < -0.3 is 27.0 Å². The van der Waals surface area contributed by atoms with Crippen LogP contribution in [-0.2, 0) is 0 Å². The third-order valence-corrected chi connectivity index (χ3v) is 5.30. The van der Waals surface area contributed by atoms with Gasteiger partial charge in [0, 0.05) is 43.3 Å². The van der Waals surface area contributed by atoms with Crippen molar-refractivity contribution in [3.05, 3.63) is 58.1 Å². The first-order valence-corrected chi connectivity index (χ1v) is 10.1. The van der Waals surface area contributed by atoms with Gasteiger partial charge in [0.15, 0.2) is 0 Å². The summed E-state index contributed by atoms with van der Waals surface area (Å²) in [6.45, 7) is 5.66. The molecule has 5 heteroatoms. The molecule has 0 spiro atoms. The number of anilines is 1. The molecule has 0 radical (unpaired) electrons. The third kappa shape index (κ3) is 5.06. The van der Waals surface area contributed by atoms with E-state index in [0.717, 1.165) is 43.6 Å². The molecule has 0 aliphatic carbocycles. The number of hydrogen-bond donors (Lipinski definition) is 4. The Morgan fingerprint density at radius 3 is 2.82 bits per heavy atom. The maximum absolute atomic E-state index is 5.83. The van der Waals surface area contributed by atoms with Gasteiger partial charge in [-0.3, -0.25) is 0 Å². The molecule has 0 unspecified atom stereocenters. The molecule has 1 aromatic carbocycles. The largest absolute Gasteiger partial charge is 0.405 e. The summed E-state index contributed by atoms with van der Waals surface area (Å²) in [4.78, 5) is 2.22. The number of benzene rings is 1. The van der Waals surface area contributed by atoms with Crippen LogP contribution in [0.5, 0.6) is 0 Å². The second-order valence-electron chi connectivity index (χ2n) is 7.67. The van der Waals surface area contributed by atoms with Gasteiger partial charge in [-0.05, 0) is 73.6 Å². The molecule has 1 fully saturated rings. The van der Waals surface area contributed by atoms with E-state index in [1.54, 1.807) is 6.20 Å². The molecule has 0 bridgehead atoms. The minimum atomic E-state index is 0.499. The van der Waals surface area contributed by atoms with E-state index >= 15 is 0 Å². The van der Waals surface area contributed by atoms with Crippen molar-refractivity contribution in [2.75, 3.05) is 38.5 Å². The number of nitrogens with one attached hydrogen (secondary N) is 2. The van der Waals surface area contributed by atoms with Crippen LogP contribution >= 0.6 is 0 Å². The predicted molar refractivity (Wildman–Crippen MR) is 121 cm³/mol. The quantitative estimate of drug-likeness (QED) is 0.556. The number of hydrogen-bond acceptors (Lipinski definition) is 5. The van der Waals surface area contributed by atoms with Gasteiger partial charge in [-0.1, -0.05) is 23.8 Å². The Morgan fingerprint density at radius 2 is 2.11 bits per heavy atom. The van der Waals surface area contributed by atoms with Crippen LogP contribution in [0.4, 0.5) is 5.69 Å². The highest BCUT2D eigenvalue weighted by Crippen LogP contribution is 2.20. The first-order chi connectivity index (χ1) is 13.6. The van der Waals surface area contributed by atoms with Crippen molar-refractivity contribution in [1.29, 1.82) is 0 Å². The van der Waals surface area contributed by atoms with Crippen molar-refractivity contribution in [1.82, 2.24) is 10.2 Å². The standard InChI is InChI=1S/C23H33N5/c1-17(15-25)12-18(4-3-8-24)20-13-19-7-11-28(2)16-22(19)23(14-20)27-21-5-9-26-10-6-21/h3-4,7-8,12-14,16,21,26-27H,5-6,9-11,15,24-25H2,1-2H3/b8-3?,17-12+,18-4+. The molecule has 3 rings (SSSR count). The molecule has 150 valence electrons. The second kappa shape index (κ2) is 9.62. The van der Waals surface area contributed by atoms with Gasteiger partial charge in [-0.15, -0.1) is 0 Å². The average Bonchev–Trinajstić information content (AvgIpc) is 2.71. The van der Waals surface area contributed by atoms with E-state index in [-0.39, 0.29) is 0 Å². The number of piperidine rings is 1. The normalized spacial score (nSPS) is 18.6. The molecule has 0 atom stereocenters. The molecule has 2 aliphatic rings. The molecule has 0 amide bonds. The van der Waals surface area contributed by atoms with Crippen molar-refractivity contribution in [3.63, 3.8) is 0 Å². The van der Waals surface area contributed by atoms with E-state index in [2.05, 4.69) is 60.0 Å². The minimum Gasteiger partial charge on any atom is -0.405 e. The number of nitrogens with zero attached hydrogens (tertiary/aromatic N) is 1. The Morgan fingerprint density at radius 1 is 1.32 bits per heavy atom. The van der Waals surface area contributed by atoms with Crippen molar-refractivity contribution >= 4 is 23.5 Å².